The number of rotatable bonds is 7. The van der Waals surface area contributed by atoms with Crippen LogP contribution in [0.15, 0.2) is 73.3 Å². The van der Waals surface area contributed by atoms with Crippen LogP contribution in [0, 0.1) is 0 Å². The molecule has 4 aromatic rings. The first kappa shape index (κ1) is 17.0. The van der Waals surface area contributed by atoms with Gasteiger partial charge in [-0.25, -0.2) is 4.98 Å². The van der Waals surface area contributed by atoms with Crippen LogP contribution in [0.2, 0.25) is 0 Å². The fourth-order valence-corrected chi connectivity index (χ4v) is 3.08. The predicted octanol–water partition coefficient (Wildman–Crippen LogP) is 3.10. The number of benzene rings is 2. The van der Waals surface area contributed by atoms with Gasteiger partial charge in [-0.3, -0.25) is 9.48 Å². The van der Waals surface area contributed by atoms with Crippen molar-refractivity contribution in [2.75, 3.05) is 6.54 Å². The Morgan fingerprint density at radius 3 is 2.70 bits per heavy atom. The number of nitrogens with one attached hydrogen (secondary N) is 1. The van der Waals surface area contributed by atoms with Gasteiger partial charge in [0.1, 0.15) is 0 Å². The van der Waals surface area contributed by atoms with Crippen molar-refractivity contribution in [3.05, 3.63) is 84.4 Å². The minimum absolute atomic E-state index is 0.0453. The molecule has 0 aliphatic rings. The molecule has 27 heavy (non-hydrogen) atoms. The maximum Gasteiger partial charge on any atom is 0.251 e. The lowest BCUT2D eigenvalue weighted by atomic mass is 10.1. The first-order chi connectivity index (χ1) is 13.3. The van der Waals surface area contributed by atoms with Gasteiger partial charge in [0.2, 0.25) is 0 Å². The van der Waals surface area contributed by atoms with Crippen molar-refractivity contribution >= 4 is 16.9 Å². The molecule has 1 amide bonds. The normalized spacial score (nSPS) is 11.0. The molecule has 0 fully saturated rings. The Morgan fingerprint density at radius 2 is 1.89 bits per heavy atom. The minimum atomic E-state index is -0.0453. The standard InChI is InChI=1S/C21H21N5O/c27-21(18-9-7-17(8-10-18)15-26-14-4-12-24-26)22-11-3-13-25-16-23-19-5-1-2-6-20(19)25/h1-2,4-10,12,14,16H,3,11,13,15H2,(H,22,27). The van der Waals surface area contributed by atoms with Crippen molar-refractivity contribution in [2.24, 2.45) is 0 Å². The molecule has 0 bridgehead atoms. The molecule has 136 valence electrons. The third-order valence-electron chi connectivity index (χ3n) is 4.51. The topological polar surface area (TPSA) is 64.7 Å². The van der Waals surface area contributed by atoms with Gasteiger partial charge in [-0.05, 0) is 42.3 Å². The van der Waals surface area contributed by atoms with Gasteiger partial charge < -0.3 is 9.88 Å². The smallest absolute Gasteiger partial charge is 0.251 e. The molecule has 0 atom stereocenters. The minimum Gasteiger partial charge on any atom is -0.352 e. The highest BCUT2D eigenvalue weighted by Crippen LogP contribution is 2.12. The highest BCUT2D eigenvalue weighted by atomic mass is 16.1. The third kappa shape index (κ3) is 4.06. The Hall–Kier alpha value is -3.41. The summed E-state index contributed by atoms with van der Waals surface area (Å²) in [5, 5.41) is 7.17. The molecule has 0 radical (unpaired) electrons. The maximum atomic E-state index is 12.3. The van der Waals surface area contributed by atoms with Gasteiger partial charge in [0.05, 0.1) is 23.9 Å². The molecule has 6 heteroatoms. The molecule has 2 aromatic heterocycles. The Morgan fingerprint density at radius 1 is 1.04 bits per heavy atom. The van der Waals surface area contributed by atoms with Crippen molar-refractivity contribution < 1.29 is 4.79 Å². The summed E-state index contributed by atoms with van der Waals surface area (Å²) < 4.78 is 3.97. The van der Waals surface area contributed by atoms with Crippen molar-refractivity contribution in [1.82, 2.24) is 24.6 Å². The summed E-state index contributed by atoms with van der Waals surface area (Å²) in [4.78, 5) is 16.7. The van der Waals surface area contributed by atoms with E-state index in [-0.39, 0.29) is 5.91 Å². The zero-order valence-electron chi connectivity index (χ0n) is 15.0. The molecule has 0 aliphatic heterocycles. The van der Waals surface area contributed by atoms with Crippen molar-refractivity contribution in [1.29, 1.82) is 0 Å². The van der Waals surface area contributed by atoms with Crippen molar-refractivity contribution in [3.8, 4) is 0 Å². The van der Waals surface area contributed by atoms with Gasteiger partial charge in [0.15, 0.2) is 0 Å². The van der Waals surface area contributed by atoms with Crippen molar-refractivity contribution in [2.45, 2.75) is 19.5 Å². The molecule has 2 heterocycles. The number of amides is 1. The van der Waals surface area contributed by atoms with Crippen LogP contribution in [0.1, 0.15) is 22.3 Å². The SMILES string of the molecule is O=C(NCCCn1cnc2ccccc21)c1ccc(Cn2cccn2)cc1. The monoisotopic (exact) mass is 359 g/mol. The third-order valence-corrected chi connectivity index (χ3v) is 4.51. The predicted molar refractivity (Wildman–Crippen MR) is 104 cm³/mol. The molecule has 0 unspecified atom stereocenters. The van der Waals surface area contributed by atoms with Gasteiger partial charge in [0, 0.05) is 31.0 Å². The van der Waals surface area contributed by atoms with E-state index in [0.717, 1.165) is 29.6 Å². The van der Waals surface area contributed by atoms with E-state index < -0.39 is 0 Å². The molecular formula is C21H21N5O. The molecule has 0 aliphatic carbocycles. The number of nitrogens with zero attached hydrogens (tertiary/aromatic N) is 4. The lowest BCUT2D eigenvalue weighted by molar-refractivity contribution is 0.0953. The van der Waals surface area contributed by atoms with Crippen LogP contribution < -0.4 is 5.32 Å². The fourth-order valence-electron chi connectivity index (χ4n) is 3.08. The summed E-state index contributed by atoms with van der Waals surface area (Å²) in [5.74, 6) is -0.0453. The van der Waals surface area contributed by atoms with Crippen LogP contribution >= 0.6 is 0 Å². The van der Waals surface area contributed by atoms with E-state index in [9.17, 15) is 4.79 Å². The van der Waals surface area contributed by atoms with Gasteiger partial charge in [-0.2, -0.15) is 5.10 Å². The van der Waals surface area contributed by atoms with Crippen LogP contribution in [0.25, 0.3) is 11.0 Å². The van der Waals surface area contributed by atoms with Crippen LogP contribution in [0.4, 0.5) is 0 Å². The first-order valence-corrected chi connectivity index (χ1v) is 9.04. The summed E-state index contributed by atoms with van der Waals surface area (Å²) in [7, 11) is 0. The Kier molecular flexibility index (Phi) is 4.96. The second kappa shape index (κ2) is 7.86. The van der Waals surface area contributed by atoms with Gasteiger partial charge in [0.25, 0.3) is 5.91 Å². The van der Waals surface area contributed by atoms with Crippen molar-refractivity contribution in [3.63, 3.8) is 0 Å². The molecule has 1 N–H and O–H groups in total. The fraction of sp³-hybridized carbons (Fsp3) is 0.190. The largest absolute Gasteiger partial charge is 0.352 e. The summed E-state index contributed by atoms with van der Waals surface area (Å²) in [6.45, 7) is 2.15. The van der Waals surface area contributed by atoms with E-state index in [1.807, 2.05) is 65.7 Å². The molecular weight excluding hydrogens is 338 g/mol. The highest BCUT2D eigenvalue weighted by molar-refractivity contribution is 5.94. The molecule has 0 saturated heterocycles. The summed E-state index contributed by atoms with van der Waals surface area (Å²) in [6, 6.07) is 17.6. The number of hydrogen-bond acceptors (Lipinski definition) is 3. The summed E-state index contributed by atoms with van der Waals surface area (Å²) in [6.07, 6.45) is 6.38. The average Bonchev–Trinajstić information content (AvgIpc) is 3.36. The van der Waals surface area contributed by atoms with E-state index in [1.54, 1.807) is 6.20 Å². The van der Waals surface area contributed by atoms with E-state index in [2.05, 4.69) is 26.0 Å². The number of carbonyl (C=O) groups excluding carboxylic acids is 1. The van der Waals surface area contributed by atoms with Gasteiger partial charge in [-0.15, -0.1) is 0 Å². The Bertz CT molecular complexity index is 1020. The number of imidazole rings is 1. The Labute approximate surface area is 157 Å². The Balaban J connectivity index is 1.26. The number of para-hydroxylation sites is 2. The second-order valence-electron chi connectivity index (χ2n) is 6.44. The lowest BCUT2D eigenvalue weighted by Crippen LogP contribution is -2.25. The number of aryl methyl sites for hydroxylation is 1. The average molecular weight is 359 g/mol. The van der Waals surface area contributed by atoms with Crippen LogP contribution in [0.3, 0.4) is 0 Å². The zero-order chi connectivity index (χ0) is 18.5. The lowest BCUT2D eigenvalue weighted by Gasteiger charge is -2.08. The van der Waals surface area contributed by atoms with E-state index in [0.29, 0.717) is 18.7 Å². The number of fused-ring (bicyclic) bond motifs is 1. The van der Waals surface area contributed by atoms with Crippen LogP contribution in [-0.4, -0.2) is 31.8 Å². The van der Waals surface area contributed by atoms with E-state index in [4.69, 9.17) is 0 Å². The second-order valence-corrected chi connectivity index (χ2v) is 6.44. The molecule has 0 spiro atoms. The molecule has 0 saturated carbocycles. The number of hydrogen-bond donors (Lipinski definition) is 1. The summed E-state index contributed by atoms with van der Waals surface area (Å²) in [5.41, 5.74) is 3.91. The summed E-state index contributed by atoms with van der Waals surface area (Å²) >= 11 is 0. The zero-order valence-corrected chi connectivity index (χ0v) is 15.0. The quantitative estimate of drug-likeness (QED) is 0.516. The van der Waals surface area contributed by atoms with Gasteiger partial charge >= 0.3 is 0 Å². The van der Waals surface area contributed by atoms with Crippen LogP contribution in [0.5, 0.6) is 0 Å². The number of carbonyl (C=O) groups is 1. The van der Waals surface area contributed by atoms with E-state index >= 15 is 0 Å². The first-order valence-electron chi connectivity index (χ1n) is 9.04. The van der Waals surface area contributed by atoms with E-state index in [1.165, 1.54) is 0 Å². The van der Waals surface area contributed by atoms with Crippen LogP contribution in [-0.2, 0) is 13.1 Å². The highest BCUT2D eigenvalue weighted by Gasteiger charge is 2.06. The number of aromatic nitrogens is 4. The van der Waals surface area contributed by atoms with Gasteiger partial charge in [-0.1, -0.05) is 24.3 Å². The molecule has 6 nitrogen and oxygen atoms in total. The molecule has 4 rings (SSSR count). The maximum absolute atomic E-state index is 12.3. The molecule has 2 aromatic carbocycles.